The van der Waals surface area contributed by atoms with E-state index < -0.39 is 12.6 Å². The Morgan fingerprint density at radius 2 is 1.66 bits per heavy atom. The molecule has 0 amide bonds. The number of aliphatic carboxylic acids is 1. The predicted octanol–water partition coefficient (Wildman–Crippen LogP) is 5.71. The Bertz CT molecular complexity index is 1100. The molecule has 0 fully saturated rings. The molecule has 0 radical (unpaired) electrons. The van der Waals surface area contributed by atoms with Crippen LogP contribution in [0.5, 0.6) is 11.5 Å². The molecule has 0 atom stereocenters. The first-order chi connectivity index (χ1) is 13.9. The number of benzene rings is 3. The Hall–Kier alpha value is -2.78. The number of hydrogen-bond acceptors (Lipinski definition) is 4. The molecule has 0 heterocycles. The number of halogens is 2. The van der Waals surface area contributed by atoms with Crippen LogP contribution < -0.4 is 4.74 Å². The van der Waals surface area contributed by atoms with Gasteiger partial charge in [0.1, 0.15) is 11.5 Å². The van der Waals surface area contributed by atoms with Gasteiger partial charge in [-0.05, 0) is 60.7 Å². The zero-order chi connectivity index (χ0) is 20.8. The molecule has 29 heavy (non-hydrogen) atoms. The zero-order valence-electron chi connectivity index (χ0n) is 14.9. The molecule has 2 N–H and O–H groups in total. The summed E-state index contributed by atoms with van der Waals surface area (Å²) in [6.07, 6.45) is 0. The molecule has 0 saturated carbocycles. The van der Waals surface area contributed by atoms with Crippen molar-refractivity contribution in [2.45, 2.75) is 9.79 Å². The van der Waals surface area contributed by atoms with Crippen molar-refractivity contribution >= 4 is 40.9 Å². The first kappa shape index (κ1) is 20.9. The van der Waals surface area contributed by atoms with Gasteiger partial charge in [0.05, 0.1) is 5.02 Å². The lowest BCUT2D eigenvalue weighted by Gasteiger charge is -2.08. The number of carboxylic acids is 1. The topological polar surface area (TPSA) is 66.8 Å². The number of aromatic hydroxyl groups is 1. The Balaban J connectivity index is 1.77. The van der Waals surface area contributed by atoms with Crippen molar-refractivity contribution in [1.29, 1.82) is 0 Å². The highest BCUT2D eigenvalue weighted by Crippen LogP contribution is 2.35. The van der Waals surface area contributed by atoms with Crippen LogP contribution >= 0.6 is 35.0 Å². The van der Waals surface area contributed by atoms with E-state index in [4.69, 9.17) is 33.0 Å². The fourth-order valence-corrected chi connectivity index (χ4v) is 3.71. The van der Waals surface area contributed by atoms with Gasteiger partial charge in [0.25, 0.3) is 0 Å². The van der Waals surface area contributed by atoms with Crippen LogP contribution in [0.25, 0.3) is 0 Å². The number of carbonyl (C=O) groups is 1. The summed E-state index contributed by atoms with van der Waals surface area (Å²) in [5.41, 5.74) is 1.48. The van der Waals surface area contributed by atoms with Crippen LogP contribution in [0.2, 0.25) is 10.0 Å². The van der Waals surface area contributed by atoms with Crippen LogP contribution in [0.1, 0.15) is 11.1 Å². The van der Waals surface area contributed by atoms with E-state index in [1.165, 1.54) is 11.8 Å². The van der Waals surface area contributed by atoms with Gasteiger partial charge < -0.3 is 14.9 Å². The second kappa shape index (κ2) is 9.62. The largest absolute Gasteiger partial charge is 0.508 e. The van der Waals surface area contributed by atoms with Crippen molar-refractivity contribution in [3.05, 3.63) is 81.8 Å². The average molecular weight is 445 g/mol. The number of phenolic OH excluding ortho intramolecular Hbond substituents is 1. The number of carboxylic acid groups (broad SMARTS) is 1. The molecule has 0 saturated heterocycles. The van der Waals surface area contributed by atoms with E-state index in [-0.39, 0.29) is 5.75 Å². The Morgan fingerprint density at radius 3 is 2.34 bits per heavy atom. The molecule has 3 aromatic carbocycles. The van der Waals surface area contributed by atoms with Crippen molar-refractivity contribution in [2.75, 3.05) is 6.61 Å². The van der Waals surface area contributed by atoms with E-state index in [1.54, 1.807) is 42.5 Å². The number of ether oxygens (including phenoxy) is 1. The smallest absolute Gasteiger partial charge is 0.341 e. The number of hydrogen-bond donors (Lipinski definition) is 2. The van der Waals surface area contributed by atoms with E-state index in [1.807, 2.05) is 18.2 Å². The SMILES string of the molecule is O=C(O)COc1ccc(Sc2cc(O)cc(C#Cc3ccc(Cl)cc3)c2)cc1Cl. The van der Waals surface area contributed by atoms with Crippen molar-refractivity contribution in [2.24, 2.45) is 0 Å². The van der Waals surface area contributed by atoms with Crippen LogP contribution in [-0.2, 0) is 4.79 Å². The Labute approximate surface area is 182 Å². The van der Waals surface area contributed by atoms with Crippen molar-refractivity contribution in [3.8, 4) is 23.3 Å². The van der Waals surface area contributed by atoms with Gasteiger partial charge in [0, 0.05) is 25.9 Å². The highest BCUT2D eigenvalue weighted by atomic mass is 35.5. The van der Waals surface area contributed by atoms with E-state index in [0.717, 1.165) is 15.4 Å². The molecule has 7 heteroatoms. The third kappa shape index (κ3) is 6.37. The van der Waals surface area contributed by atoms with Crippen molar-refractivity contribution < 1.29 is 19.7 Å². The molecule has 3 rings (SSSR count). The molecule has 4 nitrogen and oxygen atoms in total. The summed E-state index contributed by atoms with van der Waals surface area (Å²) in [6.45, 7) is -0.464. The van der Waals surface area contributed by atoms with E-state index in [2.05, 4.69) is 11.8 Å². The quantitative estimate of drug-likeness (QED) is 0.493. The molecule has 0 aliphatic heterocycles. The third-order valence-corrected chi connectivity index (χ3v) is 5.09. The summed E-state index contributed by atoms with van der Waals surface area (Å²) >= 11 is 13.4. The van der Waals surface area contributed by atoms with E-state index in [9.17, 15) is 9.90 Å². The molecule has 0 aliphatic rings. The van der Waals surface area contributed by atoms with Crippen LogP contribution in [0, 0.1) is 11.8 Å². The van der Waals surface area contributed by atoms with Gasteiger partial charge in [-0.15, -0.1) is 0 Å². The summed E-state index contributed by atoms with van der Waals surface area (Å²) in [7, 11) is 0. The lowest BCUT2D eigenvalue weighted by atomic mass is 10.2. The van der Waals surface area contributed by atoms with Gasteiger partial charge in [-0.1, -0.05) is 46.8 Å². The first-order valence-electron chi connectivity index (χ1n) is 8.33. The normalized spacial score (nSPS) is 10.1. The minimum Gasteiger partial charge on any atom is -0.508 e. The van der Waals surface area contributed by atoms with Crippen molar-refractivity contribution in [1.82, 2.24) is 0 Å². The third-order valence-electron chi connectivity index (χ3n) is 3.58. The number of rotatable bonds is 5. The van der Waals surface area contributed by atoms with Crippen LogP contribution in [0.4, 0.5) is 0 Å². The minimum atomic E-state index is -1.08. The van der Waals surface area contributed by atoms with Crippen LogP contribution in [-0.4, -0.2) is 22.8 Å². The minimum absolute atomic E-state index is 0.0999. The first-order valence-corrected chi connectivity index (χ1v) is 9.90. The summed E-state index contributed by atoms with van der Waals surface area (Å²) in [6, 6.07) is 17.3. The number of phenols is 1. The zero-order valence-corrected chi connectivity index (χ0v) is 17.2. The fraction of sp³-hybridized carbons (Fsp3) is 0.0455. The monoisotopic (exact) mass is 444 g/mol. The molecule has 0 bridgehead atoms. The maximum Gasteiger partial charge on any atom is 0.341 e. The van der Waals surface area contributed by atoms with Gasteiger partial charge in [-0.2, -0.15) is 0 Å². The second-order valence-electron chi connectivity index (χ2n) is 5.85. The second-order valence-corrected chi connectivity index (χ2v) is 7.84. The summed E-state index contributed by atoms with van der Waals surface area (Å²) in [5.74, 6) is 5.38. The predicted molar refractivity (Wildman–Crippen MR) is 114 cm³/mol. The Morgan fingerprint density at radius 1 is 0.931 bits per heavy atom. The van der Waals surface area contributed by atoms with E-state index >= 15 is 0 Å². The molecule has 146 valence electrons. The molecule has 0 aliphatic carbocycles. The standard InChI is InChI=1S/C22H14Cl2O4S/c23-16-5-3-14(4-6-16)1-2-15-9-17(25)11-19(10-15)29-18-7-8-21(20(24)12-18)28-13-22(26)27/h3-12,25H,13H2,(H,26,27). The van der Waals surface area contributed by atoms with Gasteiger partial charge in [0.2, 0.25) is 0 Å². The van der Waals surface area contributed by atoms with Gasteiger partial charge >= 0.3 is 5.97 Å². The van der Waals surface area contributed by atoms with E-state index in [0.29, 0.717) is 21.4 Å². The molecule has 0 unspecified atom stereocenters. The highest BCUT2D eigenvalue weighted by molar-refractivity contribution is 7.99. The molecular formula is C22H14Cl2O4S. The van der Waals surface area contributed by atoms with Gasteiger partial charge in [-0.3, -0.25) is 0 Å². The molecule has 0 aromatic heterocycles. The lowest BCUT2D eigenvalue weighted by molar-refractivity contribution is -0.139. The maximum atomic E-state index is 10.6. The Kier molecular flexibility index (Phi) is 6.95. The summed E-state index contributed by atoms with van der Waals surface area (Å²) in [4.78, 5) is 12.2. The maximum absolute atomic E-state index is 10.6. The highest BCUT2D eigenvalue weighted by Gasteiger charge is 2.08. The summed E-state index contributed by atoms with van der Waals surface area (Å²) in [5, 5.41) is 19.7. The molecular weight excluding hydrogens is 431 g/mol. The van der Waals surface area contributed by atoms with Gasteiger partial charge in [-0.25, -0.2) is 4.79 Å². The van der Waals surface area contributed by atoms with Crippen LogP contribution in [0.15, 0.2) is 70.5 Å². The average Bonchev–Trinajstić information content (AvgIpc) is 2.66. The van der Waals surface area contributed by atoms with Crippen molar-refractivity contribution in [3.63, 3.8) is 0 Å². The summed E-state index contributed by atoms with van der Waals surface area (Å²) < 4.78 is 5.12. The molecule has 3 aromatic rings. The molecule has 0 spiro atoms. The lowest BCUT2D eigenvalue weighted by Crippen LogP contribution is -2.09. The van der Waals surface area contributed by atoms with Crippen LogP contribution in [0.3, 0.4) is 0 Å². The van der Waals surface area contributed by atoms with Gasteiger partial charge in [0.15, 0.2) is 6.61 Å². The fourth-order valence-electron chi connectivity index (χ4n) is 2.33.